The molecule has 4 rings (SSSR count). The standard InChI is InChI=1S/C17H16N4O.2ClH/c1-2-6-15-14(5-1)19-11-17(20-15)21-8-9-22-16(12-21)13-4-3-7-18-10-13;;/h1-7,10-11,16H,8-9,12H2;2*1H. The van der Waals surface area contributed by atoms with Gasteiger partial charge in [0.2, 0.25) is 0 Å². The Morgan fingerprint density at radius 3 is 2.62 bits per heavy atom. The number of hydrogen-bond donors (Lipinski definition) is 0. The zero-order valence-electron chi connectivity index (χ0n) is 12.9. The number of ether oxygens (including phenoxy) is 1. The van der Waals surface area contributed by atoms with E-state index in [9.17, 15) is 0 Å². The first kappa shape index (κ1) is 18.4. The molecule has 5 nitrogen and oxygen atoms in total. The molecular weight excluding hydrogens is 347 g/mol. The normalized spacial score (nSPS) is 17.0. The summed E-state index contributed by atoms with van der Waals surface area (Å²) in [6.45, 7) is 2.26. The van der Waals surface area contributed by atoms with Gasteiger partial charge in [-0.05, 0) is 18.2 Å². The summed E-state index contributed by atoms with van der Waals surface area (Å²) < 4.78 is 5.87. The molecule has 7 heteroatoms. The van der Waals surface area contributed by atoms with Crippen molar-refractivity contribution in [2.45, 2.75) is 6.10 Å². The summed E-state index contributed by atoms with van der Waals surface area (Å²) >= 11 is 0. The van der Waals surface area contributed by atoms with Gasteiger partial charge in [-0.15, -0.1) is 24.8 Å². The van der Waals surface area contributed by atoms with Crippen LogP contribution in [0.4, 0.5) is 5.82 Å². The third-order valence-corrected chi connectivity index (χ3v) is 3.88. The second-order valence-corrected chi connectivity index (χ2v) is 5.31. The maximum atomic E-state index is 5.87. The van der Waals surface area contributed by atoms with E-state index >= 15 is 0 Å². The number of halogens is 2. The van der Waals surface area contributed by atoms with Crippen LogP contribution in [0.1, 0.15) is 11.7 Å². The summed E-state index contributed by atoms with van der Waals surface area (Å²) in [5.41, 5.74) is 2.94. The number of pyridine rings is 1. The van der Waals surface area contributed by atoms with Gasteiger partial charge < -0.3 is 9.64 Å². The van der Waals surface area contributed by atoms with Crippen molar-refractivity contribution in [2.24, 2.45) is 0 Å². The fourth-order valence-electron chi connectivity index (χ4n) is 2.73. The molecule has 1 fully saturated rings. The molecule has 1 aliphatic heterocycles. The second-order valence-electron chi connectivity index (χ2n) is 5.31. The maximum Gasteiger partial charge on any atom is 0.148 e. The first-order valence-corrected chi connectivity index (χ1v) is 7.38. The van der Waals surface area contributed by atoms with Gasteiger partial charge in [0.15, 0.2) is 0 Å². The topological polar surface area (TPSA) is 51.1 Å². The fraction of sp³-hybridized carbons (Fsp3) is 0.235. The summed E-state index contributed by atoms with van der Waals surface area (Å²) in [5, 5.41) is 0. The molecule has 3 aromatic rings. The molecule has 1 aliphatic rings. The molecule has 0 saturated carbocycles. The Kier molecular flexibility index (Phi) is 6.31. The summed E-state index contributed by atoms with van der Waals surface area (Å²) in [5.74, 6) is 0.899. The molecule has 0 aliphatic carbocycles. The highest BCUT2D eigenvalue weighted by Gasteiger charge is 2.23. The van der Waals surface area contributed by atoms with Gasteiger partial charge in [-0.2, -0.15) is 0 Å². The average Bonchev–Trinajstić information content (AvgIpc) is 2.62. The van der Waals surface area contributed by atoms with Crippen LogP contribution in [0.2, 0.25) is 0 Å². The lowest BCUT2D eigenvalue weighted by Gasteiger charge is -2.33. The number of morpholine rings is 1. The molecule has 1 atom stereocenters. The zero-order valence-corrected chi connectivity index (χ0v) is 14.5. The molecule has 0 bridgehead atoms. The Morgan fingerprint density at radius 2 is 1.83 bits per heavy atom. The van der Waals surface area contributed by atoms with E-state index in [-0.39, 0.29) is 30.9 Å². The van der Waals surface area contributed by atoms with Crippen molar-refractivity contribution in [1.82, 2.24) is 15.0 Å². The summed E-state index contributed by atoms with van der Waals surface area (Å²) in [6, 6.07) is 11.9. The number of nitrogens with zero attached hydrogens (tertiary/aromatic N) is 4. The molecule has 3 heterocycles. The molecule has 1 unspecified atom stereocenters. The number of benzene rings is 1. The van der Waals surface area contributed by atoms with Gasteiger partial charge in [0.1, 0.15) is 11.9 Å². The van der Waals surface area contributed by atoms with Crippen LogP contribution in [0, 0.1) is 0 Å². The van der Waals surface area contributed by atoms with Gasteiger partial charge in [0, 0.05) is 31.0 Å². The van der Waals surface area contributed by atoms with Gasteiger partial charge in [0.25, 0.3) is 0 Å². The van der Waals surface area contributed by atoms with Crippen LogP contribution in [0.15, 0.2) is 55.0 Å². The monoisotopic (exact) mass is 364 g/mol. The number of anilines is 1. The lowest BCUT2D eigenvalue weighted by Crippen LogP contribution is -2.39. The molecule has 0 N–H and O–H groups in total. The van der Waals surface area contributed by atoms with Gasteiger partial charge >= 0.3 is 0 Å². The van der Waals surface area contributed by atoms with Crippen LogP contribution in [0.25, 0.3) is 11.0 Å². The lowest BCUT2D eigenvalue weighted by atomic mass is 10.1. The van der Waals surface area contributed by atoms with Crippen LogP contribution >= 0.6 is 24.8 Å². The van der Waals surface area contributed by atoms with E-state index in [0.29, 0.717) is 6.61 Å². The zero-order chi connectivity index (χ0) is 14.8. The van der Waals surface area contributed by atoms with E-state index < -0.39 is 0 Å². The maximum absolute atomic E-state index is 5.87. The van der Waals surface area contributed by atoms with E-state index in [0.717, 1.165) is 35.5 Å². The average molecular weight is 365 g/mol. The summed E-state index contributed by atoms with van der Waals surface area (Å²) in [6.07, 6.45) is 5.50. The van der Waals surface area contributed by atoms with Crippen LogP contribution in [0.3, 0.4) is 0 Å². The van der Waals surface area contributed by atoms with E-state index in [4.69, 9.17) is 9.72 Å². The highest BCUT2D eigenvalue weighted by molar-refractivity contribution is 5.85. The molecule has 24 heavy (non-hydrogen) atoms. The van der Waals surface area contributed by atoms with Gasteiger partial charge in [0.05, 0.1) is 23.8 Å². The smallest absolute Gasteiger partial charge is 0.148 e. The fourth-order valence-corrected chi connectivity index (χ4v) is 2.73. The van der Waals surface area contributed by atoms with Crippen molar-refractivity contribution in [2.75, 3.05) is 24.6 Å². The van der Waals surface area contributed by atoms with Crippen LogP contribution in [-0.2, 0) is 4.74 Å². The van der Waals surface area contributed by atoms with Crippen molar-refractivity contribution in [3.05, 3.63) is 60.6 Å². The highest BCUT2D eigenvalue weighted by Crippen LogP contribution is 2.25. The minimum absolute atomic E-state index is 0. The Bertz CT molecular complexity index is 788. The van der Waals surface area contributed by atoms with Crippen molar-refractivity contribution < 1.29 is 4.74 Å². The highest BCUT2D eigenvalue weighted by atomic mass is 35.5. The minimum Gasteiger partial charge on any atom is -0.370 e. The Hall–Kier alpha value is -1.95. The van der Waals surface area contributed by atoms with Gasteiger partial charge in [-0.25, -0.2) is 4.98 Å². The number of hydrogen-bond acceptors (Lipinski definition) is 5. The first-order chi connectivity index (χ1) is 10.9. The third kappa shape index (κ3) is 3.75. The molecule has 2 aromatic heterocycles. The van der Waals surface area contributed by atoms with Gasteiger partial charge in [-0.1, -0.05) is 18.2 Å². The van der Waals surface area contributed by atoms with E-state index in [1.54, 1.807) is 6.20 Å². The Balaban J connectivity index is 0.00000104. The third-order valence-electron chi connectivity index (χ3n) is 3.88. The van der Waals surface area contributed by atoms with E-state index in [1.807, 2.05) is 48.8 Å². The Morgan fingerprint density at radius 1 is 1.00 bits per heavy atom. The quantitative estimate of drug-likeness (QED) is 0.696. The molecule has 1 saturated heterocycles. The summed E-state index contributed by atoms with van der Waals surface area (Å²) in [4.78, 5) is 15.6. The van der Waals surface area contributed by atoms with Crippen LogP contribution in [0.5, 0.6) is 0 Å². The van der Waals surface area contributed by atoms with Crippen molar-refractivity contribution >= 4 is 41.7 Å². The molecular formula is C17H18Cl2N4O. The van der Waals surface area contributed by atoms with E-state index in [1.165, 1.54) is 0 Å². The minimum atomic E-state index is 0. The number of para-hydroxylation sites is 2. The van der Waals surface area contributed by atoms with Crippen LogP contribution < -0.4 is 4.90 Å². The Labute approximate surface area is 152 Å². The van der Waals surface area contributed by atoms with Crippen molar-refractivity contribution in [3.63, 3.8) is 0 Å². The number of aromatic nitrogens is 3. The van der Waals surface area contributed by atoms with Crippen molar-refractivity contribution in [1.29, 1.82) is 0 Å². The predicted octanol–water partition coefficient (Wildman–Crippen LogP) is 3.45. The van der Waals surface area contributed by atoms with Crippen molar-refractivity contribution in [3.8, 4) is 0 Å². The van der Waals surface area contributed by atoms with Crippen LogP contribution in [-0.4, -0.2) is 34.6 Å². The predicted molar refractivity (Wildman–Crippen MR) is 99.2 cm³/mol. The molecule has 0 spiro atoms. The molecule has 126 valence electrons. The number of rotatable bonds is 2. The lowest BCUT2D eigenvalue weighted by molar-refractivity contribution is 0.0393. The molecule has 0 radical (unpaired) electrons. The largest absolute Gasteiger partial charge is 0.370 e. The first-order valence-electron chi connectivity index (χ1n) is 7.38. The molecule has 1 aromatic carbocycles. The summed E-state index contributed by atoms with van der Waals surface area (Å²) in [7, 11) is 0. The molecule has 0 amide bonds. The van der Waals surface area contributed by atoms with E-state index in [2.05, 4.69) is 14.9 Å². The number of fused-ring (bicyclic) bond motifs is 1. The SMILES string of the molecule is Cl.Cl.c1cncc(C2CN(c3cnc4ccccc4n3)CCO2)c1. The second kappa shape index (κ2) is 8.24. The van der Waals surface area contributed by atoms with Gasteiger partial charge in [-0.3, -0.25) is 9.97 Å².